The quantitative estimate of drug-likeness (QED) is 0.130. The summed E-state index contributed by atoms with van der Waals surface area (Å²) in [6.45, 7) is 27.2. The van der Waals surface area contributed by atoms with E-state index in [-0.39, 0.29) is 44.0 Å². The van der Waals surface area contributed by atoms with E-state index in [2.05, 4.69) is 198 Å². The van der Waals surface area contributed by atoms with E-state index in [9.17, 15) is 0 Å². The van der Waals surface area contributed by atoms with Crippen LogP contribution in [0.2, 0.25) is 0 Å². The van der Waals surface area contributed by atoms with E-state index in [0.717, 1.165) is 55.6 Å². The molecule has 0 N–H and O–H groups in total. The summed E-state index contributed by atoms with van der Waals surface area (Å²) in [6, 6.07) is 43.5. The second-order valence-electron chi connectivity index (χ2n) is 19.7. The summed E-state index contributed by atoms with van der Waals surface area (Å²) in [5, 5.41) is 5.70. The average Bonchev–Trinajstić information content (AvgIpc) is 3.77. The molecule has 3 aromatic heterocycles. The summed E-state index contributed by atoms with van der Waals surface area (Å²) in [6.07, 6.45) is 0. The molecule has 292 valence electrons. The third-order valence-electron chi connectivity index (χ3n) is 11.3. The van der Waals surface area contributed by atoms with E-state index in [1.165, 1.54) is 43.3 Å². The maximum Gasteiger partial charge on any atom is 3.00 e. The molecular weight excluding hydrogens is 894 g/mol. The van der Waals surface area contributed by atoms with Gasteiger partial charge in [0.1, 0.15) is 0 Å². The first-order valence-corrected chi connectivity index (χ1v) is 20.8. The predicted molar refractivity (Wildman–Crippen MR) is 242 cm³/mol. The fourth-order valence-corrected chi connectivity index (χ4v) is 8.39. The van der Waals surface area contributed by atoms with Crippen LogP contribution < -0.4 is 4.98 Å². The maximum atomic E-state index is 5.60. The second kappa shape index (κ2) is 14.5. The van der Waals surface area contributed by atoms with E-state index in [1.807, 2.05) is 0 Å². The molecule has 0 amide bonds. The van der Waals surface area contributed by atoms with Crippen LogP contribution in [-0.4, -0.2) is 4.98 Å². The number of aromatic nitrogens is 2. The molecule has 2 nitrogen and oxygen atoms in total. The SMILES string of the molecule is CC(C)(C)c1c[c-]c(-c2[c-]c(-c3nc(-c4cc(C(C)(C)C)cc5c4[n-]c4ccc(C(C)(C)C)cc45)cc4sccc34)cc(-c3ccc(C(C)(C)C)cc3)c2)cc1.[Au+3]. The zero-order chi connectivity index (χ0) is 39.9. The van der Waals surface area contributed by atoms with Crippen LogP contribution in [0.25, 0.3) is 76.7 Å². The van der Waals surface area contributed by atoms with Crippen LogP contribution in [0.3, 0.4) is 0 Å². The van der Waals surface area contributed by atoms with Crippen molar-refractivity contribution in [2.75, 3.05) is 0 Å². The molecule has 8 aromatic rings. The van der Waals surface area contributed by atoms with Crippen molar-refractivity contribution in [1.29, 1.82) is 0 Å². The fraction of sp³-hybridized carbons (Fsp3) is 0.302. The van der Waals surface area contributed by atoms with Crippen molar-refractivity contribution in [2.45, 2.75) is 105 Å². The third kappa shape index (κ3) is 7.97. The van der Waals surface area contributed by atoms with Crippen molar-refractivity contribution in [1.82, 2.24) is 9.97 Å². The fourth-order valence-electron chi connectivity index (χ4n) is 7.56. The van der Waals surface area contributed by atoms with Gasteiger partial charge in [0.05, 0.1) is 5.69 Å². The minimum atomic E-state index is -0.0668. The molecule has 0 radical (unpaired) electrons. The van der Waals surface area contributed by atoms with E-state index in [1.54, 1.807) is 11.3 Å². The van der Waals surface area contributed by atoms with E-state index < -0.39 is 0 Å². The molecule has 57 heavy (non-hydrogen) atoms. The Labute approximate surface area is 359 Å². The molecule has 0 fully saturated rings. The van der Waals surface area contributed by atoms with E-state index in [4.69, 9.17) is 9.97 Å². The molecule has 5 aromatic carbocycles. The summed E-state index contributed by atoms with van der Waals surface area (Å²) in [5.74, 6) is 0. The van der Waals surface area contributed by atoms with Gasteiger partial charge in [-0.15, -0.1) is 45.6 Å². The Hall–Kier alpha value is -4.25. The Balaban J connectivity index is 0.00000496. The zero-order valence-electron chi connectivity index (χ0n) is 35.4. The average molecular weight is 947 g/mol. The summed E-state index contributed by atoms with van der Waals surface area (Å²) >= 11 is 1.76. The van der Waals surface area contributed by atoms with Crippen LogP contribution in [-0.2, 0) is 44.0 Å². The molecular formula is C53H53AuN2S. The van der Waals surface area contributed by atoms with Gasteiger partial charge in [-0.1, -0.05) is 143 Å². The van der Waals surface area contributed by atoms with Gasteiger partial charge in [0, 0.05) is 10.4 Å². The molecule has 0 saturated heterocycles. The number of thiophene rings is 1. The number of benzene rings is 5. The molecule has 0 bridgehead atoms. The molecule has 0 aliphatic carbocycles. The number of hydrogen-bond donors (Lipinski definition) is 0. The van der Waals surface area contributed by atoms with Crippen molar-refractivity contribution in [2.24, 2.45) is 0 Å². The molecule has 8 rings (SSSR count). The molecule has 3 heterocycles. The number of fused-ring (bicyclic) bond motifs is 4. The van der Waals surface area contributed by atoms with Crippen molar-refractivity contribution in [3.8, 4) is 44.8 Å². The van der Waals surface area contributed by atoms with Crippen LogP contribution in [0.15, 0.2) is 102 Å². The summed E-state index contributed by atoms with van der Waals surface area (Å²) in [5.41, 5.74) is 15.5. The van der Waals surface area contributed by atoms with Gasteiger partial charge in [-0.2, -0.15) is 35.9 Å². The molecule has 0 atom stereocenters. The Morgan fingerprint density at radius 2 is 1.14 bits per heavy atom. The number of hydrogen-bond acceptors (Lipinski definition) is 2. The monoisotopic (exact) mass is 946 g/mol. The summed E-state index contributed by atoms with van der Waals surface area (Å²) < 4.78 is 1.20. The Kier molecular flexibility index (Phi) is 10.4. The minimum Gasteiger partial charge on any atom is -0.656 e. The summed E-state index contributed by atoms with van der Waals surface area (Å²) in [4.78, 5) is 10.9. The first-order valence-electron chi connectivity index (χ1n) is 19.9. The van der Waals surface area contributed by atoms with Gasteiger partial charge >= 0.3 is 22.4 Å². The Morgan fingerprint density at radius 1 is 0.526 bits per heavy atom. The van der Waals surface area contributed by atoms with Gasteiger partial charge in [0.15, 0.2) is 0 Å². The molecule has 0 aliphatic rings. The van der Waals surface area contributed by atoms with Gasteiger partial charge in [-0.05, 0) is 83.1 Å². The van der Waals surface area contributed by atoms with Crippen LogP contribution in [0.4, 0.5) is 0 Å². The van der Waals surface area contributed by atoms with Crippen LogP contribution in [0.1, 0.15) is 105 Å². The molecule has 0 unspecified atom stereocenters. The molecule has 4 heteroatoms. The van der Waals surface area contributed by atoms with Gasteiger partial charge in [-0.3, -0.25) is 4.98 Å². The number of pyridine rings is 1. The minimum absolute atomic E-state index is 0. The number of nitrogens with zero attached hydrogens (tertiary/aromatic N) is 2. The van der Waals surface area contributed by atoms with Gasteiger partial charge in [0.2, 0.25) is 0 Å². The smallest absolute Gasteiger partial charge is 0.656 e. The Bertz CT molecular complexity index is 2680. The summed E-state index contributed by atoms with van der Waals surface area (Å²) in [7, 11) is 0. The van der Waals surface area contributed by atoms with E-state index in [0.29, 0.717) is 0 Å². The molecule has 0 saturated carbocycles. The van der Waals surface area contributed by atoms with Crippen LogP contribution in [0, 0.1) is 12.1 Å². The van der Waals surface area contributed by atoms with Gasteiger partial charge < -0.3 is 4.98 Å². The van der Waals surface area contributed by atoms with Crippen LogP contribution >= 0.6 is 11.3 Å². The molecule has 0 aliphatic heterocycles. The first kappa shape index (κ1) is 40.9. The largest absolute Gasteiger partial charge is 3.00 e. The molecule has 0 spiro atoms. The topological polar surface area (TPSA) is 27.0 Å². The van der Waals surface area contributed by atoms with Crippen molar-refractivity contribution in [3.05, 3.63) is 137 Å². The standard InChI is InChI=1S/C53H53N2S.Au/c1-50(2,3)37-17-13-32(14-18-37)34-25-35(33-15-19-38(20-16-33)51(4,5)6)27-36(26-34)48-41-23-24-56-47(41)31-46(55-48)44-30-40(53(10,11)12)29-43-42-28-39(52(7,8)9)21-22-45(42)54-49(43)44;/h13-15,17-26,28-31H,1-12H3;/q-3;+3. The Morgan fingerprint density at radius 3 is 1.77 bits per heavy atom. The zero-order valence-corrected chi connectivity index (χ0v) is 38.4. The van der Waals surface area contributed by atoms with Crippen molar-refractivity contribution in [3.63, 3.8) is 0 Å². The van der Waals surface area contributed by atoms with E-state index >= 15 is 0 Å². The van der Waals surface area contributed by atoms with Crippen molar-refractivity contribution < 1.29 is 22.4 Å². The maximum absolute atomic E-state index is 5.60. The normalized spacial score (nSPS) is 12.8. The predicted octanol–water partition coefficient (Wildman–Crippen LogP) is 15.0. The number of rotatable bonds is 4. The first-order chi connectivity index (χ1) is 26.2. The van der Waals surface area contributed by atoms with Crippen LogP contribution in [0.5, 0.6) is 0 Å². The van der Waals surface area contributed by atoms with Gasteiger partial charge in [0.25, 0.3) is 0 Å². The van der Waals surface area contributed by atoms with Gasteiger partial charge in [-0.25, -0.2) is 5.56 Å². The van der Waals surface area contributed by atoms with Crippen molar-refractivity contribution >= 4 is 43.2 Å². The second-order valence-corrected chi connectivity index (χ2v) is 20.7. The third-order valence-corrected chi connectivity index (χ3v) is 12.1.